The first-order chi connectivity index (χ1) is 8.85. The van der Waals surface area contributed by atoms with E-state index in [4.69, 9.17) is 10.5 Å². The average molecular weight is 240 g/mol. The Bertz CT molecular complexity index is 518. The summed E-state index contributed by atoms with van der Waals surface area (Å²) in [7, 11) is 0. The molecule has 0 radical (unpaired) electrons. The molecule has 0 unspecified atom stereocenters. The molecule has 0 saturated carbocycles. The molecule has 3 nitrogen and oxygen atoms in total. The summed E-state index contributed by atoms with van der Waals surface area (Å²) in [4.78, 5) is 4.49. The maximum atomic E-state index is 5.63. The molecule has 2 N–H and O–H groups in total. The highest BCUT2D eigenvalue weighted by Gasteiger charge is 2.43. The summed E-state index contributed by atoms with van der Waals surface area (Å²) in [6, 6.07) is 14.5. The zero-order chi connectivity index (χ0) is 12.4. The summed E-state index contributed by atoms with van der Waals surface area (Å²) < 4.78 is 5.44. The van der Waals surface area contributed by atoms with E-state index < -0.39 is 0 Å². The van der Waals surface area contributed by atoms with E-state index in [1.807, 2.05) is 18.3 Å². The number of rotatable bonds is 3. The molecule has 0 spiro atoms. The number of pyridine rings is 1. The predicted octanol–water partition coefficient (Wildman–Crippen LogP) is 1.86. The number of nitrogens with two attached hydrogens (primary N) is 1. The summed E-state index contributed by atoms with van der Waals surface area (Å²) in [6.07, 6.45) is 1.84. The van der Waals surface area contributed by atoms with Gasteiger partial charge in [-0.3, -0.25) is 4.98 Å². The quantitative estimate of drug-likeness (QED) is 0.890. The standard InChI is InChI=1S/C15H16N2O/c16-9-12-4-6-13(7-5-12)15(10-18-11-15)14-3-1-2-8-17-14/h1-8H,9-11,16H2. The van der Waals surface area contributed by atoms with Crippen LogP contribution < -0.4 is 5.73 Å². The monoisotopic (exact) mass is 240 g/mol. The van der Waals surface area contributed by atoms with Gasteiger partial charge in [0.05, 0.1) is 24.3 Å². The van der Waals surface area contributed by atoms with Crippen molar-refractivity contribution in [3.63, 3.8) is 0 Å². The number of hydrogen-bond donors (Lipinski definition) is 1. The number of benzene rings is 1. The van der Waals surface area contributed by atoms with Crippen molar-refractivity contribution in [1.29, 1.82) is 0 Å². The molecule has 1 fully saturated rings. The van der Waals surface area contributed by atoms with Crippen LogP contribution in [0.25, 0.3) is 0 Å². The van der Waals surface area contributed by atoms with Crippen LogP contribution in [0.5, 0.6) is 0 Å². The smallest absolute Gasteiger partial charge is 0.0841 e. The number of nitrogens with zero attached hydrogens (tertiary/aromatic N) is 1. The average Bonchev–Trinajstić information content (AvgIpc) is 2.40. The van der Waals surface area contributed by atoms with Crippen molar-refractivity contribution in [1.82, 2.24) is 4.98 Å². The Kier molecular flexibility index (Phi) is 2.86. The van der Waals surface area contributed by atoms with Gasteiger partial charge in [0.25, 0.3) is 0 Å². The molecule has 0 atom stereocenters. The Morgan fingerprint density at radius 2 is 1.89 bits per heavy atom. The third-order valence-electron chi connectivity index (χ3n) is 3.59. The molecule has 0 bridgehead atoms. The molecule has 3 heteroatoms. The highest BCUT2D eigenvalue weighted by Crippen LogP contribution is 2.37. The summed E-state index contributed by atoms with van der Waals surface area (Å²) in [5.41, 5.74) is 9.04. The summed E-state index contributed by atoms with van der Waals surface area (Å²) in [6.45, 7) is 1.98. The van der Waals surface area contributed by atoms with Gasteiger partial charge >= 0.3 is 0 Å². The van der Waals surface area contributed by atoms with E-state index in [1.165, 1.54) is 5.56 Å². The van der Waals surface area contributed by atoms with Gasteiger partial charge in [0, 0.05) is 12.7 Å². The summed E-state index contributed by atoms with van der Waals surface area (Å²) in [5.74, 6) is 0. The largest absolute Gasteiger partial charge is 0.379 e. The van der Waals surface area contributed by atoms with Crippen LogP contribution >= 0.6 is 0 Å². The first-order valence-electron chi connectivity index (χ1n) is 6.14. The van der Waals surface area contributed by atoms with Crippen LogP contribution in [0.4, 0.5) is 0 Å². The number of ether oxygens (including phenoxy) is 1. The van der Waals surface area contributed by atoms with E-state index in [-0.39, 0.29) is 5.41 Å². The zero-order valence-electron chi connectivity index (χ0n) is 10.2. The maximum Gasteiger partial charge on any atom is 0.0841 e. The van der Waals surface area contributed by atoms with Crippen LogP contribution in [0, 0.1) is 0 Å². The second-order valence-electron chi connectivity index (χ2n) is 4.69. The molecule has 2 heterocycles. The van der Waals surface area contributed by atoms with Crippen LogP contribution in [0.15, 0.2) is 48.7 Å². The van der Waals surface area contributed by atoms with Crippen molar-refractivity contribution in [2.45, 2.75) is 12.0 Å². The molecule has 0 aliphatic carbocycles. The normalized spacial score (nSPS) is 17.2. The Morgan fingerprint density at radius 1 is 1.11 bits per heavy atom. The van der Waals surface area contributed by atoms with Gasteiger partial charge in [0.15, 0.2) is 0 Å². The summed E-state index contributed by atoms with van der Waals surface area (Å²) in [5, 5.41) is 0. The highest BCUT2D eigenvalue weighted by atomic mass is 16.5. The molecule has 1 aliphatic rings. The molecule has 92 valence electrons. The van der Waals surface area contributed by atoms with E-state index in [0.29, 0.717) is 19.8 Å². The minimum Gasteiger partial charge on any atom is -0.379 e. The van der Waals surface area contributed by atoms with Crippen LogP contribution in [-0.2, 0) is 16.7 Å². The van der Waals surface area contributed by atoms with Crippen molar-refractivity contribution in [2.24, 2.45) is 5.73 Å². The molecule has 0 amide bonds. The van der Waals surface area contributed by atoms with Crippen LogP contribution in [0.1, 0.15) is 16.8 Å². The number of aromatic nitrogens is 1. The van der Waals surface area contributed by atoms with Gasteiger partial charge in [-0.05, 0) is 23.3 Å². The van der Waals surface area contributed by atoms with Crippen LogP contribution in [-0.4, -0.2) is 18.2 Å². The van der Waals surface area contributed by atoms with E-state index >= 15 is 0 Å². The second kappa shape index (κ2) is 4.52. The van der Waals surface area contributed by atoms with Gasteiger partial charge in [-0.2, -0.15) is 0 Å². The van der Waals surface area contributed by atoms with Crippen LogP contribution in [0.2, 0.25) is 0 Å². The third kappa shape index (κ3) is 1.72. The van der Waals surface area contributed by atoms with Crippen molar-refractivity contribution in [2.75, 3.05) is 13.2 Å². The highest BCUT2D eigenvalue weighted by molar-refractivity contribution is 5.39. The van der Waals surface area contributed by atoms with E-state index in [9.17, 15) is 0 Å². The zero-order valence-corrected chi connectivity index (χ0v) is 10.2. The second-order valence-corrected chi connectivity index (χ2v) is 4.69. The molecule has 18 heavy (non-hydrogen) atoms. The predicted molar refractivity (Wildman–Crippen MR) is 70.2 cm³/mol. The minimum absolute atomic E-state index is 0.0750. The molecule has 3 rings (SSSR count). The molecule has 1 aromatic heterocycles. The van der Waals surface area contributed by atoms with Crippen molar-refractivity contribution >= 4 is 0 Å². The lowest BCUT2D eigenvalue weighted by atomic mass is 9.75. The first-order valence-corrected chi connectivity index (χ1v) is 6.14. The van der Waals surface area contributed by atoms with Gasteiger partial charge in [0.2, 0.25) is 0 Å². The van der Waals surface area contributed by atoms with E-state index in [0.717, 1.165) is 11.3 Å². The topological polar surface area (TPSA) is 48.1 Å². The third-order valence-corrected chi connectivity index (χ3v) is 3.59. The Labute approximate surface area is 107 Å². The van der Waals surface area contributed by atoms with Crippen molar-refractivity contribution < 1.29 is 4.74 Å². The Morgan fingerprint density at radius 3 is 2.39 bits per heavy atom. The van der Waals surface area contributed by atoms with Gasteiger partial charge in [-0.25, -0.2) is 0 Å². The fourth-order valence-corrected chi connectivity index (χ4v) is 2.37. The van der Waals surface area contributed by atoms with E-state index in [2.05, 4.69) is 35.3 Å². The van der Waals surface area contributed by atoms with Gasteiger partial charge < -0.3 is 10.5 Å². The molecular weight excluding hydrogens is 224 g/mol. The lowest BCUT2D eigenvalue weighted by molar-refractivity contribution is -0.0400. The fraction of sp³-hybridized carbons (Fsp3) is 0.267. The molecule has 1 aliphatic heterocycles. The van der Waals surface area contributed by atoms with Gasteiger partial charge in [-0.15, -0.1) is 0 Å². The maximum absolute atomic E-state index is 5.63. The molecule has 2 aromatic rings. The van der Waals surface area contributed by atoms with Crippen molar-refractivity contribution in [3.05, 3.63) is 65.5 Å². The van der Waals surface area contributed by atoms with Gasteiger partial charge in [0.1, 0.15) is 0 Å². The number of hydrogen-bond acceptors (Lipinski definition) is 3. The van der Waals surface area contributed by atoms with Gasteiger partial charge in [-0.1, -0.05) is 30.3 Å². The lowest BCUT2D eigenvalue weighted by Crippen LogP contribution is -2.48. The molecule has 1 saturated heterocycles. The van der Waals surface area contributed by atoms with E-state index in [1.54, 1.807) is 0 Å². The fourth-order valence-electron chi connectivity index (χ4n) is 2.37. The van der Waals surface area contributed by atoms with Crippen molar-refractivity contribution in [3.8, 4) is 0 Å². The van der Waals surface area contributed by atoms with Crippen LogP contribution in [0.3, 0.4) is 0 Å². The summed E-state index contributed by atoms with van der Waals surface area (Å²) >= 11 is 0. The molecular formula is C15H16N2O. The Hall–Kier alpha value is -1.71. The molecule has 1 aromatic carbocycles. The lowest BCUT2D eigenvalue weighted by Gasteiger charge is -2.41. The Balaban J connectivity index is 2.01. The minimum atomic E-state index is -0.0750. The SMILES string of the molecule is NCc1ccc(C2(c3ccccn3)COC2)cc1. The first kappa shape index (κ1) is 11.4.